The van der Waals surface area contributed by atoms with E-state index in [2.05, 4.69) is 34.2 Å². The molecule has 1 unspecified atom stereocenters. The summed E-state index contributed by atoms with van der Waals surface area (Å²) in [4.78, 5) is 39.7. The first-order valence-corrected chi connectivity index (χ1v) is 8.28. The number of anilines is 3. The lowest BCUT2D eigenvalue weighted by atomic mass is 10.0. The Hall–Kier alpha value is -2.90. The molecule has 0 spiro atoms. The molecule has 0 aliphatic carbocycles. The number of carbonyl (C=O) groups is 1. The van der Waals surface area contributed by atoms with Crippen LogP contribution in [0.15, 0.2) is 21.9 Å². The van der Waals surface area contributed by atoms with E-state index in [1.807, 2.05) is 6.92 Å². The van der Waals surface area contributed by atoms with Gasteiger partial charge in [-0.25, -0.2) is 9.78 Å². The van der Waals surface area contributed by atoms with E-state index in [0.717, 1.165) is 6.42 Å². The summed E-state index contributed by atoms with van der Waals surface area (Å²) in [6.45, 7) is 6.11. The molecule has 8 heteroatoms. The predicted molar refractivity (Wildman–Crippen MR) is 99.3 cm³/mol. The van der Waals surface area contributed by atoms with Gasteiger partial charge in [-0.3, -0.25) is 9.59 Å². The van der Waals surface area contributed by atoms with Crippen LogP contribution in [-0.2, 0) is 4.74 Å². The second kappa shape index (κ2) is 7.99. The molecule has 0 amide bonds. The average molecular weight is 361 g/mol. The van der Waals surface area contributed by atoms with Gasteiger partial charge in [0.1, 0.15) is 11.4 Å². The lowest BCUT2D eigenvalue weighted by molar-refractivity contribution is 0.0590. The summed E-state index contributed by atoms with van der Waals surface area (Å²) < 4.78 is 9.91. The van der Waals surface area contributed by atoms with E-state index in [9.17, 15) is 14.4 Å². The van der Waals surface area contributed by atoms with Crippen LogP contribution in [0.4, 0.5) is 17.1 Å². The molecule has 8 nitrogen and oxygen atoms in total. The van der Waals surface area contributed by atoms with Gasteiger partial charge in [-0.1, -0.05) is 13.8 Å². The van der Waals surface area contributed by atoms with Crippen molar-refractivity contribution in [3.05, 3.63) is 38.4 Å². The van der Waals surface area contributed by atoms with Gasteiger partial charge >= 0.3 is 5.97 Å². The Morgan fingerprint density at radius 1 is 1.15 bits per heavy atom. The number of hydrogen-bond acceptors (Lipinski definition) is 8. The Labute approximate surface area is 151 Å². The fourth-order valence-corrected chi connectivity index (χ4v) is 2.79. The van der Waals surface area contributed by atoms with Crippen LogP contribution in [0.3, 0.4) is 0 Å². The zero-order valence-electron chi connectivity index (χ0n) is 15.5. The van der Waals surface area contributed by atoms with Crippen molar-refractivity contribution in [1.82, 2.24) is 4.98 Å². The summed E-state index contributed by atoms with van der Waals surface area (Å²) >= 11 is 0. The van der Waals surface area contributed by atoms with Gasteiger partial charge in [-0.15, -0.1) is 0 Å². The molecular weight excluding hydrogens is 338 g/mol. The third-order valence-electron chi connectivity index (χ3n) is 3.87. The number of methoxy groups -OCH3 is 2. The van der Waals surface area contributed by atoms with E-state index in [4.69, 9.17) is 4.74 Å². The van der Waals surface area contributed by atoms with Gasteiger partial charge < -0.3 is 20.1 Å². The lowest BCUT2D eigenvalue weighted by Gasteiger charge is -2.21. The molecule has 0 aliphatic rings. The van der Waals surface area contributed by atoms with Gasteiger partial charge in [0.15, 0.2) is 11.4 Å². The van der Waals surface area contributed by atoms with Crippen molar-refractivity contribution in [3.8, 4) is 5.75 Å². The molecule has 0 aliphatic heterocycles. The molecule has 140 valence electrons. The summed E-state index contributed by atoms with van der Waals surface area (Å²) in [5, 5.41) is 5.96. The SMILES string of the molecule is COC(=O)c1nccc(Nc2c(NC(C)CC(C)C)c(=O)c2=O)c1OC. The molecule has 0 bridgehead atoms. The van der Waals surface area contributed by atoms with Crippen LogP contribution in [0.2, 0.25) is 0 Å². The van der Waals surface area contributed by atoms with E-state index < -0.39 is 16.8 Å². The fourth-order valence-electron chi connectivity index (χ4n) is 2.79. The Balaban J connectivity index is 2.33. The number of nitrogens with one attached hydrogen (secondary N) is 2. The Morgan fingerprint density at radius 2 is 1.81 bits per heavy atom. The standard InChI is InChI=1S/C18H23N3O5/c1-9(2)8-10(3)20-12-13(16(23)15(12)22)21-11-6-7-19-14(17(11)25-4)18(24)26-5/h6-7,9-10,20H,8H2,1-5H3,(H,19,21). The molecule has 0 fully saturated rings. The van der Waals surface area contributed by atoms with E-state index in [0.29, 0.717) is 11.6 Å². The third-order valence-corrected chi connectivity index (χ3v) is 3.87. The topological polar surface area (TPSA) is 107 Å². The van der Waals surface area contributed by atoms with Crippen molar-refractivity contribution >= 4 is 23.0 Å². The molecule has 1 heterocycles. The number of rotatable bonds is 8. The van der Waals surface area contributed by atoms with E-state index >= 15 is 0 Å². The Bertz CT molecular complexity index is 868. The fraction of sp³-hybridized carbons (Fsp3) is 0.444. The number of aromatic nitrogens is 1. The van der Waals surface area contributed by atoms with Crippen LogP contribution in [0.5, 0.6) is 5.75 Å². The predicted octanol–water partition coefficient (Wildman–Crippen LogP) is 2.06. The van der Waals surface area contributed by atoms with Gasteiger partial charge in [-0.05, 0) is 25.3 Å². The van der Waals surface area contributed by atoms with Crippen molar-refractivity contribution in [1.29, 1.82) is 0 Å². The van der Waals surface area contributed by atoms with Gasteiger partial charge in [0.05, 0.1) is 19.9 Å². The highest BCUT2D eigenvalue weighted by atomic mass is 16.5. The number of nitrogens with zero attached hydrogens (tertiary/aromatic N) is 1. The second-order valence-corrected chi connectivity index (χ2v) is 6.44. The van der Waals surface area contributed by atoms with Crippen LogP contribution < -0.4 is 26.2 Å². The lowest BCUT2D eigenvalue weighted by Crippen LogP contribution is -2.38. The van der Waals surface area contributed by atoms with Crippen LogP contribution in [0, 0.1) is 5.92 Å². The monoisotopic (exact) mass is 361 g/mol. The summed E-state index contributed by atoms with van der Waals surface area (Å²) in [6.07, 6.45) is 2.24. The first kappa shape index (κ1) is 19.4. The molecule has 0 radical (unpaired) electrons. The maximum atomic E-state index is 12.0. The summed E-state index contributed by atoms with van der Waals surface area (Å²) in [6, 6.07) is 1.58. The third kappa shape index (κ3) is 3.84. The molecular formula is C18H23N3O5. The minimum atomic E-state index is -0.667. The van der Waals surface area contributed by atoms with Crippen LogP contribution >= 0.6 is 0 Å². The van der Waals surface area contributed by atoms with E-state index in [1.165, 1.54) is 20.4 Å². The number of pyridine rings is 1. The molecule has 0 saturated heterocycles. The maximum absolute atomic E-state index is 12.0. The van der Waals surface area contributed by atoms with Crippen LogP contribution in [0.25, 0.3) is 0 Å². The van der Waals surface area contributed by atoms with Gasteiger partial charge in [0.25, 0.3) is 10.9 Å². The summed E-state index contributed by atoms with van der Waals surface area (Å²) in [5.74, 6) is -0.0868. The van der Waals surface area contributed by atoms with Crippen LogP contribution in [-0.4, -0.2) is 31.2 Å². The maximum Gasteiger partial charge on any atom is 0.360 e. The first-order valence-electron chi connectivity index (χ1n) is 8.28. The Kier molecular flexibility index (Phi) is 5.97. The smallest absolute Gasteiger partial charge is 0.360 e. The highest BCUT2D eigenvalue weighted by Crippen LogP contribution is 2.31. The minimum Gasteiger partial charge on any atom is -0.492 e. The van der Waals surface area contributed by atoms with Gasteiger partial charge in [-0.2, -0.15) is 0 Å². The quantitative estimate of drug-likeness (QED) is 0.543. The van der Waals surface area contributed by atoms with Crippen molar-refractivity contribution in [2.75, 3.05) is 24.9 Å². The Morgan fingerprint density at radius 3 is 2.38 bits per heavy atom. The van der Waals surface area contributed by atoms with Crippen molar-refractivity contribution < 1.29 is 14.3 Å². The second-order valence-electron chi connectivity index (χ2n) is 6.44. The molecule has 1 aromatic heterocycles. The molecule has 1 atom stereocenters. The molecule has 2 rings (SSSR count). The van der Waals surface area contributed by atoms with Crippen molar-refractivity contribution in [3.63, 3.8) is 0 Å². The summed E-state index contributed by atoms with van der Waals surface area (Å²) in [5.41, 5.74) is -0.490. The molecule has 0 saturated carbocycles. The number of ether oxygens (including phenoxy) is 2. The van der Waals surface area contributed by atoms with E-state index in [1.54, 1.807) is 6.07 Å². The van der Waals surface area contributed by atoms with Gasteiger partial charge in [0.2, 0.25) is 0 Å². The van der Waals surface area contributed by atoms with E-state index in [-0.39, 0.29) is 28.9 Å². The molecule has 1 aromatic carbocycles. The van der Waals surface area contributed by atoms with Gasteiger partial charge in [0, 0.05) is 12.2 Å². The summed E-state index contributed by atoms with van der Waals surface area (Å²) in [7, 11) is 2.61. The zero-order chi connectivity index (χ0) is 19.4. The number of hydrogen-bond donors (Lipinski definition) is 2. The average Bonchev–Trinajstić information content (AvgIpc) is 2.62. The largest absolute Gasteiger partial charge is 0.492 e. The molecule has 26 heavy (non-hydrogen) atoms. The number of esters is 1. The van der Waals surface area contributed by atoms with Crippen LogP contribution in [0.1, 0.15) is 37.7 Å². The first-order chi connectivity index (χ1) is 12.3. The zero-order valence-corrected chi connectivity index (χ0v) is 15.5. The normalized spacial score (nSPS) is 12.1. The minimum absolute atomic E-state index is 0.0265. The number of carbonyl (C=O) groups excluding carboxylic acids is 1. The highest BCUT2D eigenvalue weighted by molar-refractivity contribution is 5.93. The molecule has 2 aromatic rings. The van der Waals surface area contributed by atoms with Crippen molar-refractivity contribution in [2.24, 2.45) is 5.92 Å². The van der Waals surface area contributed by atoms with Crippen molar-refractivity contribution in [2.45, 2.75) is 33.2 Å². The highest BCUT2D eigenvalue weighted by Gasteiger charge is 2.25. The molecule has 2 N–H and O–H groups in total.